The molecule has 6 nitrogen and oxygen atoms in total. The molecule has 6 heteroatoms. The SMILES string of the molecule is COc1ccc(NCc2ncncc2C(=O)O)c(C)c1. The Balaban J connectivity index is 2.15. The Hall–Kier alpha value is -2.63. The number of carboxylic acids is 1. The number of hydrogen-bond acceptors (Lipinski definition) is 5. The van der Waals surface area contributed by atoms with Gasteiger partial charge in [-0.1, -0.05) is 0 Å². The van der Waals surface area contributed by atoms with Crippen LogP contribution in [-0.4, -0.2) is 28.2 Å². The predicted octanol–water partition coefficient (Wildman–Crippen LogP) is 2.10. The number of benzene rings is 1. The van der Waals surface area contributed by atoms with E-state index in [0.29, 0.717) is 12.2 Å². The first-order valence-corrected chi connectivity index (χ1v) is 6.02. The molecular weight excluding hydrogens is 258 g/mol. The van der Waals surface area contributed by atoms with Crippen LogP contribution in [0.2, 0.25) is 0 Å². The molecule has 0 fully saturated rings. The summed E-state index contributed by atoms with van der Waals surface area (Å²) in [5, 5.41) is 12.2. The standard InChI is InChI=1S/C14H15N3O3/c1-9-5-10(20-2)3-4-12(9)16-7-13-11(14(18)19)6-15-8-17-13/h3-6,8,16H,7H2,1-2H3,(H,18,19). The van der Waals surface area contributed by atoms with E-state index in [4.69, 9.17) is 9.84 Å². The van der Waals surface area contributed by atoms with E-state index in [9.17, 15) is 4.79 Å². The summed E-state index contributed by atoms with van der Waals surface area (Å²) in [6.07, 6.45) is 2.64. The smallest absolute Gasteiger partial charge is 0.339 e. The van der Waals surface area contributed by atoms with Gasteiger partial charge in [0.05, 0.1) is 19.3 Å². The molecule has 2 N–H and O–H groups in total. The number of aryl methyl sites for hydroxylation is 1. The maximum atomic E-state index is 11.1. The van der Waals surface area contributed by atoms with E-state index >= 15 is 0 Å². The second-order valence-corrected chi connectivity index (χ2v) is 4.22. The van der Waals surface area contributed by atoms with Crippen LogP contribution in [0.3, 0.4) is 0 Å². The van der Waals surface area contributed by atoms with Crippen LogP contribution in [0.5, 0.6) is 5.75 Å². The largest absolute Gasteiger partial charge is 0.497 e. The van der Waals surface area contributed by atoms with Gasteiger partial charge in [0.1, 0.15) is 17.6 Å². The molecule has 1 heterocycles. The number of aromatic carboxylic acids is 1. The fourth-order valence-corrected chi connectivity index (χ4v) is 1.81. The summed E-state index contributed by atoms with van der Waals surface area (Å²) in [6, 6.07) is 5.63. The fraction of sp³-hybridized carbons (Fsp3) is 0.214. The monoisotopic (exact) mass is 273 g/mol. The summed E-state index contributed by atoms with van der Waals surface area (Å²) in [7, 11) is 1.61. The quantitative estimate of drug-likeness (QED) is 0.868. The highest BCUT2D eigenvalue weighted by atomic mass is 16.5. The summed E-state index contributed by atoms with van der Waals surface area (Å²) >= 11 is 0. The molecule has 1 aromatic carbocycles. The van der Waals surface area contributed by atoms with Gasteiger partial charge >= 0.3 is 5.97 Å². The normalized spacial score (nSPS) is 10.1. The number of carboxylic acid groups (broad SMARTS) is 1. The van der Waals surface area contributed by atoms with Gasteiger partial charge in [0.15, 0.2) is 0 Å². The highest BCUT2D eigenvalue weighted by molar-refractivity contribution is 5.88. The summed E-state index contributed by atoms with van der Waals surface area (Å²) in [5.74, 6) is -0.254. The van der Waals surface area contributed by atoms with Gasteiger partial charge in [-0.2, -0.15) is 0 Å². The number of methoxy groups -OCH3 is 1. The Labute approximate surface area is 116 Å². The Bertz CT molecular complexity index is 629. The second kappa shape index (κ2) is 6.01. The van der Waals surface area contributed by atoms with Gasteiger partial charge in [-0.15, -0.1) is 0 Å². The molecule has 0 aliphatic heterocycles. The van der Waals surface area contributed by atoms with E-state index in [-0.39, 0.29) is 5.56 Å². The van der Waals surface area contributed by atoms with E-state index < -0.39 is 5.97 Å². The summed E-state index contributed by atoms with van der Waals surface area (Å²) in [5.41, 5.74) is 2.46. The number of hydrogen-bond donors (Lipinski definition) is 2. The number of carbonyl (C=O) groups is 1. The van der Waals surface area contributed by atoms with Crippen LogP contribution in [0, 0.1) is 6.92 Å². The number of nitrogens with zero attached hydrogens (tertiary/aromatic N) is 2. The highest BCUT2D eigenvalue weighted by Crippen LogP contribution is 2.21. The topological polar surface area (TPSA) is 84.3 Å². The molecule has 2 rings (SSSR count). The van der Waals surface area contributed by atoms with Crippen LogP contribution in [0.1, 0.15) is 21.6 Å². The first kappa shape index (κ1) is 13.8. The zero-order valence-electron chi connectivity index (χ0n) is 11.3. The Morgan fingerprint density at radius 3 is 2.90 bits per heavy atom. The lowest BCUT2D eigenvalue weighted by molar-refractivity contribution is 0.0694. The van der Waals surface area contributed by atoms with Gasteiger partial charge in [0.2, 0.25) is 0 Å². The van der Waals surface area contributed by atoms with Crippen molar-refractivity contribution in [2.75, 3.05) is 12.4 Å². The molecule has 20 heavy (non-hydrogen) atoms. The van der Waals surface area contributed by atoms with Crippen molar-refractivity contribution >= 4 is 11.7 Å². The molecule has 0 atom stereocenters. The lowest BCUT2D eigenvalue weighted by Crippen LogP contribution is -2.10. The first-order valence-electron chi connectivity index (χ1n) is 6.02. The van der Waals surface area contributed by atoms with Crippen LogP contribution >= 0.6 is 0 Å². The van der Waals surface area contributed by atoms with Crippen LogP contribution < -0.4 is 10.1 Å². The molecule has 0 saturated carbocycles. The van der Waals surface area contributed by atoms with Gasteiger partial charge in [-0.05, 0) is 30.7 Å². The maximum absolute atomic E-state index is 11.1. The molecule has 0 unspecified atom stereocenters. The maximum Gasteiger partial charge on any atom is 0.339 e. The molecule has 104 valence electrons. The van der Waals surface area contributed by atoms with E-state index in [0.717, 1.165) is 17.0 Å². The highest BCUT2D eigenvalue weighted by Gasteiger charge is 2.11. The van der Waals surface area contributed by atoms with Crippen molar-refractivity contribution in [3.05, 3.63) is 47.5 Å². The molecule has 0 bridgehead atoms. The molecule has 0 amide bonds. The van der Waals surface area contributed by atoms with E-state index in [1.807, 2.05) is 25.1 Å². The van der Waals surface area contributed by atoms with Crippen molar-refractivity contribution in [2.45, 2.75) is 13.5 Å². The number of anilines is 1. The molecule has 0 aliphatic rings. The lowest BCUT2D eigenvalue weighted by atomic mass is 10.1. The van der Waals surface area contributed by atoms with Crippen LogP contribution in [0.25, 0.3) is 0 Å². The third kappa shape index (κ3) is 3.03. The van der Waals surface area contributed by atoms with E-state index in [1.165, 1.54) is 12.5 Å². The van der Waals surface area contributed by atoms with Crippen molar-refractivity contribution in [3.63, 3.8) is 0 Å². The Morgan fingerprint density at radius 1 is 1.45 bits per heavy atom. The number of ether oxygens (including phenoxy) is 1. The van der Waals surface area contributed by atoms with Crippen LogP contribution in [0.15, 0.2) is 30.7 Å². The summed E-state index contributed by atoms with van der Waals surface area (Å²) < 4.78 is 5.14. The third-order valence-corrected chi connectivity index (χ3v) is 2.91. The average Bonchev–Trinajstić information content (AvgIpc) is 2.46. The number of rotatable bonds is 5. The minimum absolute atomic E-state index is 0.103. The number of aromatic nitrogens is 2. The third-order valence-electron chi connectivity index (χ3n) is 2.91. The van der Waals surface area contributed by atoms with Gasteiger partial charge in [0.25, 0.3) is 0 Å². The van der Waals surface area contributed by atoms with Crippen molar-refractivity contribution in [2.24, 2.45) is 0 Å². The van der Waals surface area contributed by atoms with Crippen molar-refractivity contribution < 1.29 is 14.6 Å². The van der Waals surface area contributed by atoms with Gasteiger partial charge in [-0.3, -0.25) is 0 Å². The minimum Gasteiger partial charge on any atom is -0.497 e. The zero-order valence-corrected chi connectivity index (χ0v) is 11.3. The first-order chi connectivity index (χ1) is 9.61. The molecule has 0 saturated heterocycles. The molecule has 1 aromatic heterocycles. The van der Waals surface area contributed by atoms with Crippen molar-refractivity contribution in [1.82, 2.24) is 9.97 Å². The molecular formula is C14H15N3O3. The van der Waals surface area contributed by atoms with Crippen LogP contribution in [0.4, 0.5) is 5.69 Å². The summed E-state index contributed by atoms with van der Waals surface area (Å²) in [6.45, 7) is 2.26. The average molecular weight is 273 g/mol. The fourth-order valence-electron chi connectivity index (χ4n) is 1.81. The zero-order chi connectivity index (χ0) is 14.5. The molecule has 2 aromatic rings. The van der Waals surface area contributed by atoms with Crippen molar-refractivity contribution in [3.8, 4) is 5.75 Å². The Morgan fingerprint density at radius 2 is 2.25 bits per heavy atom. The second-order valence-electron chi connectivity index (χ2n) is 4.22. The van der Waals surface area contributed by atoms with Gasteiger partial charge in [0, 0.05) is 11.9 Å². The van der Waals surface area contributed by atoms with Crippen molar-refractivity contribution in [1.29, 1.82) is 0 Å². The van der Waals surface area contributed by atoms with Gasteiger partial charge in [-0.25, -0.2) is 14.8 Å². The summed E-state index contributed by atoms with van der Waals surface area (Å²) in [4.78, 5) is 18.8. The van der Waals surface area contributed by atoms with E-state index in [2.05, 4.69) is 15.3 Å². The Kier molecular flexibility index (Phi) is 4.14. The van der Waals surface area contributed by atoms with Crippen LogP contribution in [-0.2, 0) is 6.54 Å². The molecule has 0 spiro atoms. The minimum atomic E-state index is -1.03. The molecule has 0 radical (unpaired) electrons. The van der Waals surface area contributed by atoms with Gasteiger partial charge < -0.3 is 15.2 Å². The molecule has 0 aliphatic carbocycles. The number of nitrogens with one attached hydrogen (secondary N) is 1. The lowest BCUT2D eigenvalue weighted by Gasteiger charge is -2.11. The predicted molar refractivity (Wildman–Crippen MR) is 74.0 cm³/mol. The van der Waals surface area contributed by atoms with E-state index in [1.54, 1.807) is 7.11 Å².